The number of halogens is 1. The molecule has 14 heavy (non-hydrogen) atoms. The Kier molecular flexibility index (Phi) is 2.55. The zero-order chi connectivity index (χ0) is 10.3. The van der Waals surface area contributed by atoms with Crippen LogP contribution in [0.1, 0.15) is 25.7 Å². The van der Waals surface area contributed by atoms with Gasteiger partial charge in [-0.2, -0.15) is 8.42 Å². The Hall–Kier alpha value is -0.160. The summed E-state index contributed by atoms with van der Waals surface area (Å²) in [6.07, 6.45) is 3.97. The van der Waals surface area contributed by atoms with Crippen LogP contribution in [0.25, 0.3) is 0 Å². The molecule has 0 aromatic carbocycles. The molecule has 2 rings (SSSR count). The fourth-order valence-corrected chi connectivity index (χ4v) is 3.78. The molecule has 0 amide bonds. The molecule has 2 saturated heterocycles. The van der Waals surface area contributed by atoms with Gasteiger partial charge in [-0.05, 0) is 38.6 Å². The predicted molar refractivity (Wildman–Crippen MR) is 52.2 cm³/mol. The van der Waals surface area contributed by atoms with Crippen molar-refractivity contribution in [2.75, 3.05) is 12.8 Å². The lowest BCUT2D eigenvalue weighted by molar-refractivity contribution is 0.142. The highest BCUT2D eigenvalue weighted by Gasteiger charge is 2.39. The minimum atomic E-state index is -4.28. The van der Waals surface area contributed by atoms with Gasteiger partial charge in [-0.25, -0.2) is 0 Å². The van der Waals surface area contributed by atoms with Crippen LogP contribution in [0.3, 0.4) is 0 Å². The first kappa shape index (κ1) is 10.4. The third-order valence-corrected chi connectivity index (χ3v) is 4.50. The molecule has 0 aromatic rings. The molecule has 2 unspecified atom stereocenters. The summed E-state index contributed by atoms with van der Waals surface area (Å²) in [4.78, 5) is 2.32. The number of piperidine rings is 1. The predicted octanol–water partition coefficient (Wildman–Crippen LogP) is 1.16. The zero-order valence-corrected chi connectivity index (χ0v) is 9.13. The molecule has 2 aliphatic heterocycles. The van der Waals surface area contributed by atoms with Gasteiger partial charge in [-0.1, -0.05) is 0 Å². The van der Waals surface area contributed by atoms with E-state index in [-0.39, 0.29) is 11.7 Å². The molecule has 0 aliphatic carbocycles. The van der Waals surface area contributed by atoms with Gasteiger partial charge >= 0.3 is 10.2 Å². The molecule has 2 atom stereocenters. The van der Waals surface area contributed by atoms with Gasteiger partial charge in [0.1, 0.15) is 0 Å². The molecule has 2 aliphatic rings. The van der Waals surface area contributed by atoms with Crippen molar-refractivity contribution in [3.05, 3.63) is 0 Å². The molecule has 0 N–H and O–H groups in total. The zero-order valence-electron chi connectivity index (χ0n) is 8.32. The Morgan fingerprint density at radius 2 is 1.79 bits per heavy atom. The largest absolute Gasteiger partial charge is 0.302 e. The minimum absolute atomic E-state index is 0.0405. The van der Waals surface area contributed by atoms with Crippen molar-refractivity contribution >= 4 is 10.2 Å². The number of hydrogen-bond acceptors (Lipinski definition) is 3. The van der Waals surface area contributed by atoms with Crippen molar-refractivity contribution in [3.63, 3.8) is 0 Å². The van der Waals surface area contributed by atoms with Gasteiger partial charge in [0.25, 0.3) is 0 Å². The molecule has 2 fully saturated rings. The monoisotopic (exact) mass is 221 g/mol. The Balaban J connectivity index is 2.00. The molecular weight excluding hydrogens is 205 g/mol. The Morgan fingerprint density at radius 1 is 1.29 bits per heavy atom. The molecule has 0 saturated carbocycles. The van der Waals surface area contributed by atoms with Gasteiger partial charge < -0.3 is 4.90 Å². The maximum Gasteiger partial charge on any atom is 0.302 e. The third-order valence-electron chi connectivity index (χ3n) is 3.63. The summed E-state index contributed by atoms with van der Waals surface area (Å²) in [5.41, 5.74) is 0. The lowest BCUT2D eigenvalue weighted by atomic mass is 9.93. The minimum Gasteiger partial charge on any atom is -0.300 e. The molecule has 3 nitrogen and oxygen atoms in total. The van der Waals surface area contributed by atoms with Crippen LogP contribution in [0, 0.1) is 5.92 Å². The van der Waals surface area contributed by atoms with Crippen LogP contribution < -0.4 is 0 Å². The molecule has 2 bridgehead atoms. The number of nitrogens with zero attached hydrogens (tertiary/aromatic N) is 1. The summed E-state index contributed by atoms with van der Waals surface area (Å²) in [6.45, 7) is 0. The summed E-state index contributed by atoms with van der Waals surface area (Å²) < 4.78 is 33.6. The second-order valence-corrected chi connectivity index (χ2v) is 6.00. The van der Waals surface area contributed by atoms with E-state index in [0.717, 1.165) is 25.7 Å². The van der Waals surface area contributed by atoms with Crippen molar-refractivity contribution in [2.45, 2.75) is 37.8 Å². The standard InChI is InChI=1S/C9H16FNO2S/c1-11-8-2-3-9(11)5-7(4-8)6-14(10,12)13/h7-9H,2-6H2,1H3. The van der Waals surface area contributed by atoms with Crippen LogP contribution >= 0.6 is 0 Å². The van der Waals surface area contributed by atoms with Gasteiger partial charge in [0.05, 0.1) is 5.75 Å². The number of fused-ring (bicyclic) bond motifs is 2. The van der Waals surface area contributed by atoms with E-state index in [4.69, 9.17) is 0 Å². The van der Waals surface area contributed by atoms with Crippen LogP contribution in [0.15, 0.2) is 0 Å². The Bertz CT molecular complexity index is 303. The molecule has 2 heterocycles. The van der Waals surface area contributed by atoms with Crippen LogP contribution in [-0.2, 0) is 10.2 Å². The quantitative estimate of drug-likeness (QED) is 0.657. The second-order valence-electron chi connectivity index (χ2n) is 4.59. The van der Waals surface area contributed by atoms with Gasteiger partial charge in [0.2, 0.25) is 0 Å². The topological polar surface area (TPSA) is 37.4 Å². The fourth-order valence-electron chi connectivity index (χ4n) is 2.94. The van der Waals surface area contributed by atoms with Crippen LogP contribution in [0.5, 0.6) is 0 Å². The molecule has 5 heteroatoms. The molecule has 0 spiro atoms. The summed E-state index contributed by atoms with van der Waals surface area (Å²) in [6, 6.07) is 0.973. The van der Waals surface area contributed by atoms with Crippen molar-refractivity contribution in [3.8, 4) is 0 Å². The molecule has 82 valence electrons. The highest BCUT2D eigenvalue weighted by Crippen LogP contribution is 2.37. The summed E-state index contributed by atoms with van der Waals surface area (Å²) >= 11 is 0. The van der Waals surface area contributed by atoms with Gasteiger partial charge in [-0.3, -0.25) is 0 Å². The summed E-state index contributed by atoms with van der Waals surface area (Å²) in [5.74, 6) is -0.230. The first-order chi connectivity index (χ1) is 6.46. The van der Waals surface area contributed by atoms with Crippen molar-refractivity contribution in [1.82, 2.24) is 4.90 Å². The van der Waals surface area contributed by atoms with Gasteiger partial charge in [0, 0.05) is 12.1 Å². The van der Waals surface area contributed by atoms with E-state index >= 15 is 0 Å². The fraction of sp³-hybridized carbons (Fsp3) is 1.00. The van der Waals surface area contributed by atoms with E-state index in [1.165, 1.54) is 0 Å². The first-order valence-corrected chi connectivity index (χ1v) is 6.65. The van der Waals surface area contributed by atoms with E-state index in [0.29, 0.717) is 12.1 Å². The smallest absolute Gasteiger partial charge is 0.300 e. The van der Waals surface area contributed by atoms with Crippen molar-refractivity contribution < 1.29 is 12.3 Å². The summed E-state index contributed by atoms with van der Waals surface area (Å²) in [5, 5.41) is 0. The average molecular weight is 221 g/mol. The van der Waals surface area contributed by atoms with E-state index < -0.39 is 10.2 Å². The van der Waals surface area contributed by atoms with Crippen molar-refractivity contribution in [2.24, 2.45) is 5.92 Å². The Morgan fingerprint density at radius 3 is 2.21 bits per heavy atom. The van der Waals surface area contributed by atoms with Crippen LogP contribution in [0.4, 0.5) is 3.89 Å². The number of hydrogen-bond donors (Lipinski definition) is 0. The molecule has 0 radical (unpaired) electrons. The maximum atomic E-state index is 12.5. The van der Waals surface area contributed by atoms with Crippen LogP contribution in [0.2, 0.25) is 0 Å². The average Bonchev–Trinajstić information content (AvgIpc) is 2.32. The SMILES string of the molecule is CN1C2CCC1CC(CS(=O)(=O)F)C2. The second kappa shape index (κ2) is 3.45. The van der Waals surface area contributed by atoms with E-state index in [1.807, 2.05) is 0 Å². The maximum absolute atomic E-state index is 12.5. The molecule has 0 aromatic heterocycles. The van der Waals surface area contributed by atoms with Crippen molar-refractivity contribution in [1.29, 1.82) is 0 Å². The molecular formula is C9H16FNO2S. The highest BCUT2D eigenvalue weighted by atomic mass is 32.3. The highest BCUT2D eigenvalue weighted by molar-refractivity contribution is 7.86. The van der Waals surface area contributed by atoms with E-state index in [9.17, 15) is 12.3 Å². The normalized spacial score (nSPS) is 38.9. The van der Waals surface area contributed by atoms with E-state index in [2.05, 4.69) is 11.9 Å². The lowest BCUT2D eigenvalue weighted by Gasteiger charge is -2.35. The Labute approximate surface area is 84.5 Å². The van der Waals surface area contributed by atoms with Crippen LogP contribution in [-0.4, -0.2) is 38.2 Å². The first-order valence-electron chi connectivity index (χ1n) is 5.10. The third kappa shape index (κ3) is 2.08. The van der Waals surface area contributed by atoms with E-state index in [1.54, 1.807) is 0 Å². The number of rotatable bonds is 2. The lowest BCUT2D eigenvalue weighted by Crippen LogP contribution is -2.41. The van der Waals surface area contributed by atoms with Gasteiger partial charge in [-0.15, -0.1) is 3.89 Å². The summed E-state index contributed by atoms with van der Waals surface area (Å²) in [7, 11) is -2.19. The van der Waals surface area contributed by atoms with Gasteiger partial charge in [0.15, 0.2) is 0 Å².